The zero-order valence-electron chi connectivity index (χ0n) is 16.3. The Bertz CT molecular complexity index is 1390. The fraction of sp³-hybridized carbons (Fsp3) is 0.0833. The molecular weight excluding hydrogens is 407 g/mol. The summed E-state index contributed by atoms with van der Waals surface area (Å²) in [6.45, 7) is 1.85. The number of aromatic carboxylic acids is 1. The van der Waals surface area contributed by atoms with Crippen LogP contribution in [0.15, 0.2) is 77.7 Å². The lowest BCUT2D eigenvalue weighted by molar-refractivity contribution is -0.137. The van der Waals surface area contributed by atoms with Crippen molar-refractivity contribution in [1.82, 2.24) is 4.57 Å². The van der Waals surface area contributed by atoms with Gasteiger partial charge in [-0.25, -0.2) is 4.79 Å². The smallest absolute Gasteiger partial charge is 0.417 e. The average molecular weight is 423 g/mol. The predicted octanol–water partition coefficient (Wildman–Crippen LogP) is 5.68. The standard InChI is InChI=1S/C24H16F3NO3/c1-14-5-4-6-16(11-14)28-13-20(23(30)31)19-12-15(9-10-18(19)22(28)29)17-7-2-3-8-21(17)24(25,26)27/h2-13H,1H3,(H,30,31). The first-order valence-corrected chi connectivity index (χ1v) is 9.33. The number of hydrogen-bond acceptors (Lipinski definition) is 2. The predicted molar refractivity (Wildman–Crippen MR) is 112 cm³/mol. The van der Waals surface area contributed by atoms with Crippen LogP contribution in [-0.2, 0) is 6.18 Å². The molecule has 0 atom stereocenters. The monoisotopic (exact) mass is 423 g/mol. The molecule has 1 N–H and O–H groups in total. The fourth-order valence-electron chi connectivity index (χ4n) is 3.63. The molecule has 7 heteroatoms. The van der Waals surface area contributed by atoms with Gasteiger partial charge < -0.3 is 5.11 Å². The number of halogens is 3. The summed E-state index contributed by atoms with van der Waals surface area (Å²) in [5, 5.41) is 9.94. The van der Waals surface area contributed by atoms with Crippen LogP contribution in [0.4, 0.5) is 13.2 Å². The SMILES string of the molecule is Cc1cccc(-n2cc(C(=O)O)c3cc(-c4ccccc4C(F)(F)F)ccc3c2=O)c1. The van der Waals surface area contributed by atoms with Crippen LogP contribution in [0.2, 0.25) is 0 Å². The summed E-state index contributed by atoms with van der Waals surface area (Å²) in [5.41, 5.74) is 0.0103. The van der Waals surface area contributed by atoms with Gasteiger partial charge in [0.1, 0.15) is 0 Å². The fourth-order valence-corrected chi connectivity index (χ4v) is 3.63. The number of aryl methyl sites for hydroxylation is 1. The molecule has 0 spiro atoms. The molecule has 0 saturated heterocycles. The summed E-state index contributed by atoms with van der Waals surface area (Å²) >= 11 is 0. The molecule has 0 saturated carbocycles. The quantitative estimate of drug-likeness (QED) is 0.461. The van der Waals surface area contributed by atoms with Crippen LogP contribution in [0.25, 0.3) is 27.6 Å². The normalized spacial score (nSPS) is 11.6. The molecule has 0 radical (unpaired) electrons. The van der Waals surface area contributed by atoms with Crippen molar-refractivity contribution in [3.8, 4) is 16.8 Å². The minimum atomic E-state index is -4.57. The van der Waals surface area contributed by atoms with E-state index in [1.54, 1.807) is 18.2 Å². The van der Waals surface area contributed by atoms with Crippen LogP contribution in [0.1, 0.15) is 21.5 Å². The van der Waals surface area contributed by atoms with Gasteiger partial charge in [-0.1, -0.05) is 36.4 Å². The molecule has 4 nitrogen and oxygen atoms in total. The minimum absolute atomic E-state index is 0.0795. The molecule has 1 aromatic heterocycles. The Morgan fingerprint density at radius 3 is 2.35 bits per heavy atom. The highest BCUT2D eigenvalue weighted by molar-refractivity contribution is 6.04. The molecule has 0 amide bonds. The molecule has 0 aliphatic heterocycles. The van der Waals surface area contributed by atoms with Crippen molar-refractivity contribution in [2.45, 2.75) is 13.1 Å². The van der Waals surface area contributed by atoms with Crippen molar-refractivity contribution in [2.75, 3.05) is 0 Å². The topological polar surface area (TPSA) is 59.3 Å². The Labute approximate surface area is 174 Å². The molecule has 1 heterocycles. The van der Waals surface area contributed by atoms with E-state index in [9.17, 15) is 27.9 Å². The van der Waals surface area contributed by atoms with Crippen LogP contribution in [-0.4, -0.2) is 15.6 Å². The first kappa shape index (κ1) is 20.4. The minimum Gasteiger partial charge on any atom is -0.478 e. The van der Waals surface area contributed by atoms with Gasteiger partial charge in [-0.2, -0.15) is 13.2 Å². The molecule has 0 unspecified atom stereocenters. The lowest BCUT2D eigenvalue weighted by atomic mass is 9.96. The van der Waals surface area contributed by atoms with E-state index in [1.165, 1.54) is 47.2 Å². The number of carboxylic acids is 1. The Kier molecular flexibility index (Phi) is 4.89. The van der Waals surface area contributed by atoms with Crippen molar-refractivity contribution >= 4 is 16.7 Å². The van der Waals surface area contributed by atoms with Gasteiger partial charge >= 0.3 is 12.1 Å². The van der Waals surface area contributed by atoms with Crippen LogP contribution in [0.3, 0.4) is 0 Å². The number of nitrogens with zero attached hydrogens (tertiary/aromatic N) is 1. The number of pyridine rings is 1. The molecular formula is C24H16F3NO3. The van der Waals surface area contributed by atoms with Gasteiger partial charge in [0.2, 0.25) is 0 Å². The van der Waals surface area contributed by atoms with Crippen LogP contribution in [0.5, 0.6) is 0 Å². The Morgan fingerprint density at radius 1 is 0.935 bits per heavy atom. The second kappa shape index (κ2) is 7.43. The zero-order chi connectivity index (χ0) is 22.3. The number of carbonyl (C=O) groups is 1. The molecule has 31 heavy (non-hydrogen) atoms. The molecule has 0 aliphatic carbocycles. The van der Waals surface area contributed by atoms with E-state index < -0.39 is 23.3 Å². The second-order valence-electron chi connectivity index (χ2n) is 7.17. The number of aromatic nitrogens is 1. The number of rotatable bonds is 3. The zero-order valence-corrected chi connectivity index (χ0v) is 16.3. The summed E-state index contributed by atoms with van der Waals surface area (Å²) in [6, 6.07) is 16.2. The highest BCUT2D eigenvalue weighted by Gasteiger charge is 2.33. The Hall–Kier alpha value is -3.87. The van der Waals surface area contributed by atoms with Crippen LogP contribution in [0, 0.1) is 6.92 Å². The maximum Gasteiger partial charge on any atom is 0.417 e. The van der Waals surface area contributed by atoms with Crippen LogP contribution < -0.4 is 5.56 Å². The number of hydrogen-bond donors (Lipinski definition) is 1. The van der Waals surface area contributed by atoms with Crippen molar-refractivity contribution in [1.29, 1.82) is 0 Å². The highest BCUT2D eigenvalue weighted by atomic mass is 19.4. The first-order chi connectivity index (χ1) is 14.7. The van der Waals surface area contributed by atoms with Gasteiger partial charge in [-0.15, -0.1) is 0 Å². The first-order valence-electron chi connectivity index (χ1n) is 9.33. The number of fused-ring (bicyclic) bond motifs is 1. The van der Waals surface area contributed by atoms with Gasteiger partial charge in [0.15, 0.2) is 0 Å². The molecule has 0 bridgehead atoms. The van der Waals surface area contributed by atoms with Gasteiger partial charge in [0, 0.05) is 22.7 Å². The Balaban J connectivity index is 2.01. The number of carboxylic acid groups (broad SMARTS) is 1. The lowest BCUT2D eigenvalue weighted by Gasteiger charge is -2.15. The van der Waals surface area contributed by atoms with Gasteiger partial charge in [0.25, 0.3) is 5.56 Å². The average Bonchev–Trinajstić information content (AvgIpc) is 2.73. The van der Waals surface area contributed by atoms with E-state index in [2.05, 4.69) is 0 Å². The summed E-state index contributed by atoms with van der Waals surface area (Å²) < 4.78 is 41.6. The number of alkyl halides is 3. The van der Waals surface area contributed by atoms with Gasteiger partial charge in [0.05, 0.1) is 11.1 Å². The summed E-state index contributed by atoms with van der Waals surface area (Å²) in [7, 11) is 0. The maximum atomic E-state index is 13.4. The van der Waals surface area contributed by atoms with Crippen molar-refractivity contribution < 1.29 is 23.1 Å². The molecule has 0 aliphatic rings. The van der Waals surface area contributed by atoms with E-state index in [0.29, 0.717) is 5.69 Å². The highest BCUT2D eigenvalue weighted by Crippen LogP contribution is 2.37. The largest absolute Gasteiger partial charge is 0.478 e. The third-order valence-corrected chi connectivity index (χ3v) is 5.07. The summed E-state index contributed by atoms with van der Waals surface area (Å²) in [4.78, 5) is 25.0. The van der Waals surface area contributed by atoms with Crippen LogP contribution >= 0.6 is 0 Å². The summed E-state index contributed by atoms with van der Waals surface area (Å²) in [5.74, 6) is -1.28. The second-order valence-corrected chi connectivity index (χ2v) is 7.17. The van der Waals surface area contributed by atoms with E-state index in [4.69, 9.17) is 0 Å². The molecule has 0 fully saturated rings. The van der Waals surface area contributed by atoms with Crippen molar-refractivity contribution in [2.24, 2.45) is 0 Å². The van der Waals surface area contributed by atoms with E-state index in [1.807, 2.05) is 13.0 Å². The van der Waals surface area contributed by atoms with Crippen molar-refractivity contribution in [3.05, 3.63) is 100.0 Å². The molecule has 3 aromatic carbocycles. The van der Waals surface area contributed by atoms with Crippen molar-refractivity contribution in [3.63, 3.8) is 0 Å². The third kappa shape index (κ3) is 3.70. The number of benzene rings is 3. The van der Waals surface area contributed by atoms with E-state index in [0.717, 1.165) is 11.6 Å². The van der Waals surface area contributed by atoms with Gasteiger partial charge in [-0.05, 0) is 53.9 Å². The third-order valence-electron chi connectivity index (χ3n) is 5.07. The van der Waals surface area contributed by atoms with E-state index in [-0.39, 0.29) is 27.5 Å². The molecule has 4 aromatic rings. The summed E-state index contributed by atoms with van der Waals surface area (Å²) in [6.07, 6.45) is -3.36. The maximum absolute atomic E-state index is 13.4. The lowest BCUT2D eigenvalue weighted by Crippen LogP contribution is -2.20. The van der Waals surface area contributed by atoms with E-state index >= 15 is 0 Å². The van der Waals surface area contributed by atoms with Gasteiger partial charge in [-0.3, -0.25) is 9.36 Å². The molecule has 4 rings (SSSR count). The Morgan fingerprint density at radius 2 is 1.68 bits per heavy atom. The molecule has 156 valence electrons.